The van der Waals surface area contributed by atoms with Gasteiger partial charge in [0.1, 0.15) is 6.10 Å². The molecule has 0 aromatic heterocycles. The van der Waals surface area contributed by atoms with Gasteiger partial charge in [-0.3, -0.25) is 4.79 Å². The zero-order chi connectivity index (χ0) is 9.02. The highest BCUT2D eigenvalue weighted by atomic mass is 16.6. The Labute approximate surface area is 66.7 Å². The third-order valence-electron chi connectivity index (χ3n) is 1.22. The Kier molecular flexibility index (Phi) is 3.82. The van der Waals surface area contributed by atoms with Crippen molar-refractivity contribution >= 4 is 5.97 Å². The second-order valence-corrected chi connectivity index (χ2v) is 2.62. The summed E-state index contributed by atoms with van der Waals surface area (Å²) in [6, 6.07) is 0. The van der Waals surface area contributed by atoms with Crippen molar-refractivity contribution < 1.29 is 14.6 Å². The Bertz CT molecular complexity index is 161. The van der Waals surface area contributed by atoms with Gasteiger partial charge >= 0.3 is 5.97 Å². The first-order valence-electron chi connectivity index (χ1n) is 3.46. The van der Waals surface area contributed by atoms with E-state index < -0.39 is 18.2 Å². The minimum absolute atomic E-state index is 0.404. The summed E-state index contributed by atoms with van der Waals surface area (Å²) in [6.45, 7) is 8.16. The average molecular weight is 158 g/mol. The van der Waals surface area contributed by atoms with E-state index in [0.29, 0.717) is 5.57 Å². The molecule has 0 aliphatic heterocycles. The second-order valence-electron chi connectivity index (χ2n) is 2.62. The second kappa shape index (κ2) is 4.13. The molecule has 0 aliphatic carbocycles. The van der Waals surface area contributed by atoms with Gasteiger partial charge in [-0.1, -0.05) is 6.58 Å². The number of hydrogen-bond acceptors (Lipinski definition) is 3. The number of carbonyl (C=O) groups excluding carboxylic acids is 1. The van der Waals surface area contributed by atoms with Crippen molar-refractivity contribution in [2.75, 3.05) is 0 Å². The largest absolute Gasteiger partial charge is 0.455 e. The van der Waals surface area contributed by atoms with E-state index in [1.54, 1.807) is 13.8 Å². The SMILES string of the molecule is C=C(C)[C@@H](OC(C)=O)[C@@H](C)O. The molecule has 0 aromatic carbocycles. The van der Waals surface area contributed by atoms with Gasteiger partial charge in [-0.25, -0.2) is 0 Å². The van der Waals surface area contributed by atoms with Gasteiger partial charge in [0, 0.05) is 6.92 Å². The molecule has 0 spiro atoms. The van der Waals surface area contributed by atoms with Crippen LogP contribution in [-0.4, -0.2) is 23.3 Å². The molecule has 3 nitrogen and oxygen atoms in total. The van der Waals surface area contributed by atoms with E-state index in [-0.39, 0.29) is 0 Å². The first-order chi connectivity index (χ1) is 4.95. The van der Waals surface area contributed by atoms with E-state index in [4.69, 9.17) is 9.84 Å². The maximum atomic E-state index is 10.5. The van der Waals surface area contributed by atoms with Crippen LogP contribution in [0.1, 0.15) is 20.8 Å². The molecule has 0 rings (SSSR count). The normalized spacial score (nSPS) is 15.3. The average Bonchev–Trinajstić information content (AvgIpc) is 1.81. The molecule has 0 aliphatic rings. The molecule has 0 unspecified atom stereocenters. The van der Waals surface area contributed by atoms with Gasteiger partial charge in [-0.2, -0.15) is 0 Å². The summed E-state index contributed by atoms with van der Waals surface area (Å²) < 4.78 is 4.78. The molecule has 0 aromatic rings. The topological polar surface area (TPSA) is 46.5 Å². The van der Waals surface area contributed by atoms with Crippen LogP contribution in [0.2, 0.25) is 0 Å². The van der Waals surface area contributed by atoms with Crippen molar-refractivity contribution in [1.29, 1.82) is 0 Å². The zero-order valence-electron chi connectivity index (χ0n) is 7.13. The number of ether oxygens (including phenoxy) is 1. The van der Waals surface area contributed by atoms with Gasteiger partial charge in [-0.05, 0) is 19.4 Å². The third kappa shape index (κ3) is 3.78. The van der Waals surface area contributed by atoms with Crippen LogP contribution >= 0.6 is 0 Å². The summed E-state index contributed by atoms with van der Waals surface area (Å²) in [6.07, 6.45) is -1.27. The predicted molar refractivity (Wildman–Crippen MR) is 42.0 cm³/mol. The fraction of sp³-hybridized carbons (Fsp3) is 0.625. The van der Waals surface area contributed by atoms with E-state index in [9.17, 15) is 4.79 Å². The van der Waals surface area contributed by atoms with Gasteiger partial charge in [0.05, 0.1) is 6.10 Å². The maximum Gasteiger partial charge on any atom is 0.303 e. The first kappa shape index (κ1) is 10.2. The van der Waals surface area contributed by atoms with Gasteiger partial charge < -0.3 is 9.84 Å². The summed E-state index contributed by atoms with van der Waals surface area (Å²) in [5.74, 6) is -0.404. The van der Waals surface area contributed by atoms with Crippen molar-refractivity contribution in [3.63, 3.8) is 0 Å². The zero-order valence-corrected chi connectivity index (χ0v) is 7.13. The number of aliphatic hydroxyl groups is 1. The monoisotopic (exact) mass is 158 g/mol. The lowest BCUT2D eigenvalue weighted by molar-refractivity contribution is -0.148. The van der Waals surface area contributed by atoms with Crippen molar-refractivity contribution in [3.05, 3.63) is 12.2 Å². The Morgan fingerprint density at radius 2 is 2.00 bits per heavy atom. The fourth-order valence-electron chi connectivity index (χ4n) is 0.790. The highest BCUT2D eigenvalue weighted by Crippen LogP contribution is 2.08. The van der Waals surface area contributed by atoms with Crippen molar-refractivity contribution in [2.45, 2.75) is 33.0 Å². The Balaban J connectivity index is 4.12. The number of hydrogen-bond donors (Lipinski definition) is 1. The Morgan fingerprint density at radius 1 is 1.55 bits per heavy atom. The molecule has 0 amide bonds. The lowest BCUT2D eigenvalue weighted by Crippen LogP contribution is -2.28. The molecule has 0 saturated carbocycles. The van der Waals surface area contributed by atoms with E-state index in [1.165, 1.54) is 6.92 Å². The van der Waals surface area contributed by atoms with Crippen LogP contribution in [0.3, 0.4) is 0 Å². The molecule has 0 radical (unpaired) electrons. The molecule has 64 valence electrons. The molecule has 3 heteroatoms. The quantitative estimate of drug-likeness (QED) is 0.489. The van der Waals surface area contributed by atoms with E-state index in [1.807, 2.05) is 0 Å². The lowest BCUT2D eigenvalue weighted by atomic mass is 10.1. The van der Waals surface area contributed by atoms with Crippen molar-refractivity contribution in [3.8, 4) is 0 Å². The van der Waals surface area contributed by atoms with Crippen LogP contribution < -0.4 is 0 Å². The minimum Gasteiger partial charge on any atom is -0.455 e. The van der Waals surface area contributed by atoms with Gasteiger partial charge in [0.25, 0.3) is 0 Å². The summed E-state index contributed by atoms with van der Waals surface area (Å²) >= 11 is 0. The molecular formula is C8H14O3. The molecule has 0 saturated heterocycles. The van der Waals surface area contributed by atoms with Gasteiger partial charge in [-0.15, -0.1) is 0 Å². The highest BCUT2D eigenvalue weighted by molar-refractivity contribution is 5.66. The number of aliphatic hydroxyl groups excluding tert-OH is 1. The van der Waals surface area contributed by atoms with Crippen LogP contribution in [-0.2, 0) is 9.53 Å². The summed E-state index contributed by atoms with van der Waals surface area (Å²) in [5, 5.41) is 9.09. The summed E-state index contributed by atoms with van der Waals surface area (Å²) in [7, 11) is 0. The number of carbonyl (C=O) groups is 1. The van der Waals surface area contributed by atoms with E-state index >= 15 is 0 Å². The molecular weight excluding hydrogens is 144 g/mol. The van der Waals surface area contributed by atoms with Crippen molar-refractivity contribution in [1.82, 2.24) is 0 Å². The first-order valence-corrected chi connectivity index (χ1v) is 3.46. The minimum atomic E-state index is -0.698. The van der Waals surface area contributed by atoms with Crippen LogP contribution in [0.15, 0.2) is 12.2 Å². The Morgan fingerprint density at radius 3 is 2.09 bits per heavy atom. The standard InChI is InChI=1S/C8H14O3/c1-5(2)8(6(3)9)11-7(4)10/h6,8-9H,1H2,2-4H3/t6-,8-/m1/s1. The third-order valence-corrected chi connectivity index (χ3v) is 1.22. The number of esters is 1. The lowest BCUT2D eigenvalue weighted by Gasteiger charge is -2.19. The molecule has 11 heavy (non-hydrogen) atoms. The van der Waals surface area contributed by atoms with Crippen LogP contribution in [0.4, 0.5) is 0 Å². The summed E-state index contributed by atoms with van der Waals surface area (Å²) in [4.78, 5) is 10.5. The summed E-state index contributed by atoms with van der Waals surface area (Å²) in [5.41, 5.74) is 0.648. The molecule has 1 N–H and O–H groups in total. The van der Waals surface area contributed by atoms with E-state index in [0.717, 1.165) is 0 Å². The maximum absolute atomic E-state index is 10.5. The molecule has 0 heterocycles. The smallest absolute Gasteiger partial charge is 0.303 e. The molecule has 2 atom stereocenters. The number of rotatable bonds is 3. The van der Waals surface area contributed by atoms with Gasteiger partial charge in [0.2, 0.25) is 0 Å². The van der Waals surface area contributed by atoms with Crippen LogP contribution in [0.25, 0.3) is 0 Å². The van der Waals surface area contributed by atoms with E-state index in [2.05, 4.69) is 6.58 Å². The molecule has 0 fully saturated rings. The Hall–Kier alpha value is -0.830. The van der Waals surface area contributed by atoms with Crippen LogP contribution in [0, 0.1) is 0 Å². The molecule has 0 bridgehead atoms. The fourth-order valence-corrected chi connectivity index (χ4v) is 0.790. The van der Waals surface area contributed by atoms with Gasteiger partial charge in [0.15, 0.2) is 0 Å². The van der Waals surface area contributed by atoms with Crippen LogP contribution in [0.5, 0.6) is 0 Å². The van der Waals surface area contributed by atoms with Crippen molar-refractivity contribution in [2.24, 2.45) is 0 Å². The predicted octanol–water partition coefficient (Wildman–Crippen LogP) is 0.875. The highest BCUT2D eigenvalue weighted by Gasteiger charge is 2.18.